The van der Waals surface area contributed by atoms with Gasteiger partial charge in [-0.25, -0.2) is 0 Å². The molecule has 0 fully saturated rings. The number of aliphatic hydroxyl groups is 1. The number of likely N-dealkylation sites (N-methyl/N-ethyl adjacent to an activating group) is 1. The number of nitrogens with zero attached hydrogens (tertiary/aromatic N) is 1. The van der Waals surface area contributed by atoms with Gasteiger partial charge in [-0.3, -0.25) is 0 Å². The van der Waals surface area contributed by atoms with E-state index in [1.54, 1.807) is 6.07 Å². The lowest BCUT2D eigenvalue weighted by Gasteiger charge is -2.22. The molecule has 0 radical (unpaired) electrons. The van der Waals surface area contributed by atoms with Crippen LogP contribution in [0, 0.1) is 6.92 Å². The van der Waals surface area contributed by atoms with Crippen molar-refractivity contribution < 1.29 is 18.3 Å². The topological polar surface area (TPSA) is 35.5 Å². The lowest BCUT2D eigenvalue weighted by molar-refractivity contribution is -0.138. The summed E-state index contributed by atoms with van der Waals surface area (Å²) in [5, 5.41) is 12.8. The summed E-state index contributed by atoms with van der Waals surface area (Å²) in [7, 11) is 0. The third kappa shape index (κ3) is 5.55. The monoisotopic (exact) mass is 304 g/mol. The van der Waals surface area contributed by atoms with E-state index in [2.05, 4.69) is 10.2 Å². The summed E-state index contributed by atoms with van der Waals surface area (Å²) in [5.74, 6) is 0. The molecule has 0 heterocycles. The molecule has 0 aliphatic heterocycles. The van der Waals surface area contributed by atoms with Gasteiger partial charge in [0.15, 0.2) is 0 Å². The highest BCUT2D eigenvalue weighted by atomic mass is 19.4. The fourth-order valence-electron chi connectivity index (χ4n) is 2.12. The largest absolute Gasteiger partial charge is 0.416 e. The molecule has 6 heteroatoms. The third-order valence-corrected chi connectivity index (χ3v) is 3.45. The summed E-state index contributed by atoms with van der Waals surface area (Å²) >= 11 is 0. The molecule has 2 N–H and O–H groups in total. The van der Waals surface area contributed by atoms with Gasteiger partial charge in [0, 0.05) is 18.8 Å². The number of aryl methyl sites for hydroxylation is 1. The SMILES string of the molecule is CCN(CC)CC(O)CNc1ccc(C)c(C(F)(F)F)c1. The summed E-state index contributed by atoms with van der Waals surface area (Å²) < 4.78 is 38.4. The predicted molar refractivity (Wildman–Crippen MR) is 78.5 cm³/mol. The molecule has 1 rings (SSSR count). The lowest BCUT2D eigenvalue weighted by Crippen LogP contribution is -2.35. The number of alkyl halides is 3. The number of halogens is 3. The summed E-state index contributed by atoms with van der Waals surface area (Å²) in [4.78, 5) is 2.06. The number of benzene rings is 1. The van der Waals surface area contributed by atoms with Crippen LogP contribution in [0.25, 0.3) is 0 Å². The van der Waals surface area contributed by atoms with Crippen LogP contribution in [0.1, 0.15) is 25.0 Å². The van der Waals surface area contributed by atoms with E-state index in [1.165, 1.54) is 13.0 Å². The van der Waals surface area contributed by atoms with Crippen LogP contribution in [-0.4, -0.2) is 42.3 Å². The Balaban J connectivity index is 2.64. The minimum absolute atomic E-state index is 0.191. The van der Waals surface area contributed by atoms with E-state index in [4.69, 9.17) is 0 Å². The fraction of sp³-hybridized carbons (Fsp3) is 0.600. The van der Waals surface area contributed by atoms with Crippen molar-refractivity contribution in [2.75, 3.05) is 31.5 Å². The van der Waals surface area contributed by atoms with Crippen molar-refractivity contribution in [3.63, 3.8) is 0 Å². The van der Waals surface area contributed by atoms with Crippen LogP contribution < -0.4 is 5.32 Å². The zero-order valence-corrected chi connectivity index (χ0v) is 12.7. The summed E-state index contributed by atoms with van der Waals surface area (Å²) in [6, 6.07) is 4.11. The van der Waals surface area contributed by atoms with E-state index in [0.29, 0.717) is 12.2 Å². The first-order valence-electron chi connectivity index (χ1n) is 7.10. The molecule has 0 aliphatic carbocycles. The van der Waals surface area contributed by atoms with Crippen molar-refractivity contribution in [1.82, 2.24) is 4.90 Å². The molecule has 0 saturated heterocycles. The molecule has 1 aromatic rings. The molecule has 0 bridgehead atoms. The molecular weight excluding hydrogens is 281 g/mol. The van der Waals surface area contributed by atoms with Crippen LogP contribution in [-0.2, 0) is 6.18 Å². The van der Waals surface area contributed by atoms with Crippen molar-refractivity contribution in [2.45, 2.75) is 33.1 Å². The van der Waals surface area contributed by atoms with Gasteiger partial charge in [-0.2, -0.15) is 13.2 Å². The molecule has 0 aromatic heterocycles. The van der Waals surface area contributed by atoms with Gasteiger partial charge < -0.3 is 15.3 Å². The van der Waals surface area contributed by atoms with E-state index in [1.807, 2.05) is 13.8 Å². The standard InChI is InChI=1S/C15H23F3N2O/c1-4-20(5-2)10-13(21)9-19-12-7-6-11(3)14(8-12)15(16,17)18/h6-8,13,19,21H,4-5,9-10H2,1-3H3. The van der Waals surface area contributed by atoms with Gasteiger partial charge >= 0.3 is 6.18 Å². The first kappa shape index (κ1) is 17.8. The minimum Gasteiger partial charge on any atom is -0.390 e. The Kier molecular flexibility index (Phi) is 6.48. The Bertz CT molecular complexity index is 445. The van der Waals surface area contributed by atoms with Crippen LogP contribution in [0.3, 0.4) is 0 Å². The van der Waals surface area contributed by atoms with E-state index in [0.717, 1.165) is 19.2 Å². The lowest BCUT2D eigenvalue weighted by atomic mass is 10.1. The molecule has 0 amide bonds. The number of anilines is 1. The maximum absolute atomic E-state index is 12.8. The fourth-order valence-corrected chi connectivity index (χ4v) is 2.12. The van der Waals surface area contributed by atoms with E-state index >= 15 is 0 Å². The first-order chi connectivity index (χ1) is 9.77. The molecule has 0 spiro atoms. The molecule has 1 atom stereocenters. The van der Waals surface area contributed by atoms with Gasteiger partial charge in [-0.05, 0) is 37.7 Å². The Hall–Kier alpha value is -1.27. The third-order valence-electron chi connectivity index (χ3n) is 3.45. The highest BCUT2D eigenvalue weighted by Gasteiger charge is 2.32. The smallest absolute Gasteiger partial charge is 0.390 e. The Labute approximate surface area is 123 Å². The van der Waals surface area contributed by atoms with Gasteiger partial charge in [-0.1, -0.05) is 19.9 Å². The molecule has 1 unspecified atom stereocenters. The van der Waals surface area contributed by atoms with Crippen molar-refractivity contribution in [2.24, 2.45) is 0 Å². The molecule has 21 heavy (non-hydrogen) atoms. The van der Waals surface area contributed by atoms with Crippen LogP contribution in [0.4, 0.5) is 18.9 Å². The van der Waals surface area contributed by atoms with Gasteiger partial charge in [0.2, 0.25) is 0 Å². The molecule has 120 valence electrons. The number of rotatable bonds is 7. The molecule has 1 aromatic carbocycles. The van der Waals surface area contributed by atoms with Crippen LogP contribution in [0.2, 0.25) is 0 Å². The van der Waals surface area contributed by atoms with Crippen LogP contribution >= 0.6 is 0 Å². The average Bonchev–Trinajstić information content (AvgIpc) is 2.42. The van der Waals surface area contributed by atoms with Gasteiger partial charge in [0.05, 0.1) is 11.7 Å². The second-order valence-electron chi connectivity index (χ2n) is 5.05. The highest BCUT2D eigenvalue weighted by molar-refractivity contribution is 5.49. The van der Waals surface area contributed by atoms with E-state index < -0.39 is 17.8 Å². The van der Waals surface area contributed by atoms with Crippen LogP contribution in [0.15, 0.2) is 18.2 Å². The second kappa shape index (κ2) is 7.66. The molecule has 0 saturated carbocycles. The zero-order valence-electron chi connectivity index (χ0n) is 12.7. The molecular formula is C15H23F3N2O. The van der Waals surface area contributed by atoms with Crippen molar-refractivity contribution in [1.29, 1.82) is 0 Å². The Morgan fingerprint density at radius 3 is 2.38 bits per heavy atom. The normalized spacial score (nSPS) is 13.5. The summed E-state index contributed by atoms with van der Waals surface area (Å²) in [5.41, 5.74) is -0.0889. The molecule has 3 nitrogen and oxygen atoms in total. The summed E-state index contributed by atoms with van der Waals surface area (Å²) in [6.07, 6.45) is -4.98. The number of hydrogen-bond acceptors (Lipinski definition) is 3. The summed E-state index contributed by atoms with van der Waals surface area (Å²) in [6.45, 7) is 7.81. The average molecular weight is 304 g/mol. The van der Waals surface area contributed by atoms with Gasteiger partial charge in [0.25, 0.3) is 0 Å². The number of hydrogen-bond donors (Lipinski definition) is 2. The van der Waals surface area contributed by atoms with Crippen LogP contribution in [0.5, 0.6) is 0 Å². The molecule has 0 aliphatic rings. The maximum atomic E-state index is 12.8. The van der Waals surface area contributed by atoms with Crippen molar-refractivity contribution in [3.8, 4) is 0 Å². The van der Waals surface area contributed by atoms with Gasteiger partial charge in [0.1, 0.15) is 0 Å². The zero-order chi connectivity index (χ0) is 16.0. The Morgan fingerprint density at radius 2 is 1.86 bits per heavy atom. The second-order valence-corrected chi connectivity index (χ2v) is 5.05. The van der Waals surface area contributed by atoms with Crippen molar-refractivity contribution >= 4 is 5.69 Å². The first-order valence-corrected chi connectivity index (χ1v) is 7.10. The van der Waals surface area contributed by atoms with E-state index in [9.17, 15) is 18.3 Å². The predicted octanol–water partition coefficient (Wildman–Crippen LogP) is 3.13. The van der Waals surface area contributed by atoms with Gasteiger partial charge in [-0.15, -0.1) is 0 Å². The quantitative estimate of drug-likeness (QED) is 0.812. The minimum atomic E-state index is -4.36. The number of nitrogens with one attached hydrogen (secondary N) is 1. The Morgan fingerprint density at radius 1 is 1.24 bits per heavy atom. The van der Waals surface area contributed by atoms with Crippen molar-refractivity contribution in [3.05, 3.63) is 29.3 Å². The van der Waals surface area contributed by atoms with E-state index in [-0.39, 0.29) is 12.1 Å². The maximum Gasteiger partial charge on any atom is 0.416 e. The number of aliphatic hydroxyl groups excluding tert-OH is 1. The highest BCUT2D eigenvalue weighted by Crippen LogP contribution is 2.33.